The lowest BCUT2D eigenvalue weighted by Crippen LogP contribution is -2.51. The van der Waals surface area contributed by atoms with Crippen molar-refractivity contribution in [3.8, 4) is 0 Å². The molecule has 3 aromatic rings. The van der Waals surface area contributed by atoms with Crippen molar-refractivity contribution < 1.29 is 9.59 Å². The van der Waals surface area contributed by atoms with Gasteiger partial charge in [-0.2, -0.15) is 5.10 Å². The normalized spacial score (nSPS) is 21.2. The maximum Gasteiger partial charge on any atom is 0.268 e. The summed E-state index contributed by atoms with van der Waals surface area (Å²) in [5.41, 5.74) is 3.66. The van der Waals surface area contributed by atoms with Crippen LogP contribution in [0, 0.1) is 6.92 Å². The zero-order valence-electron chi connectivity index (χ0n) is 18.1. The first kappa shape index (κ1) is 21.6. The van der Waals surface area contributed by atoms with Crippen molar-refractivity contribution in [3.63, 3.8) is 0 Å². The van der Waals surface area contributed by atoms with Crippen molar-refractivity contribution in [2.75, 3.05) is 9.91 Å². The number of amides is 1. The first-order valence-corrected chi connectivity index (χ1v) is 12.1. The van der Waals surface area contributed by atoms with Crippen LogP contribution in [0.3, 0.4) is 0 Å². The summed E-state index contributed by atoms with van der Waals surface area (Å²) >= 11 is 2.72. The number of hydrogen-bond donors (Lipinski definition) is 0. The molecule has 1 atom stereocenters. The Labute approximate surface area is 201 Å². The maximum absolute atomic E-state index is 13.9. The predicted molar refractivity (Wildman–Crippen MR) is 138 cm³/mol. The summed E-state index contributed by atoms with van der Waals surface area (Å²) in [7, 11) is 0. The number of thioether (sulfide) groups is 2. The standard InChI is InChI=1S/C26H21N3O2S2/c1-18-13-15-20(16-14-18)17-23-25(31)28(21-9-5-3-6-10-21)26(32-23)29(22-11-7-4-8-12-22)27-24(33-26)19(2)30/h3-17H,1-2H3/b23-17+. The number of aryl methyl sites for hydroxylation is 1. The molecule has 164 valence electrons. The van der Waals surface area contributed by atoms with Gasteiger partial charge in [0.25, 0.3) is 5.91 Å². The largest absolute Gasteiger partial charge is 0.292 e. The Hall–Kier alpha value is -3.29. The van der Waals surface area contributed by atoms with E-state index >= 15 is 0 Å². The molecule has 0 N–H and O–H groups in total. The molecule has 1 saturated heterocycles. The highest BCUT2D eigenvalue weighted by atomic mass is 32.2. The highest BCUT2D eigenvalue weighted by molar-refractivity contribution is 8.29. The Morgan fingerprint density at radius 1 is 0.879 bits per heavy atom. The molecule has 33 heavy (non-hydrogen) atoms. The minimum atomic E-state index is -0.989. The fourth-order valence-electron chi connectivity index (χ4n) is 3.71. The quantitative estimate of drug-likeness (QED) is 0.445. The molecule has 0 bridgehead atoms. The smallest absolute Gasteiger partial charge is 0.268 e. The zero-order chi connectivity index (χ0) is 23.0. The zero-order valence-corrected chi connectivity index (χ0v) is 19.8. The van der Waals surface area contributed by atoms with E-state index in [0.717, 1.165) is 22.5 Å². The van der Waals surface area contributed by atoms with Gasteiger partial charge < -0.3 is 0 Å². The molecule has 1 spiro atoms. The van der Waals surface area contributed by atoms with Gasteiger partial charge in [0, 0.05) is 12.6 Å². The summed E-state index contributed by atoms with van der Waals surface area (Å²) in [4.78, 5) is 28.6. The summed E-state index contributed by atoms with van der Waals surface area (Å²) in [6, 6.07) is 27.2. The van der Waals surface area contributed by atoms with E-state index in [1.807, 2.05) is 97.9 Å². The Morgan fingerprint density at radius 2 is 1.48 bits per heavy atom. The second-order valence-electron chi connectivity index (χ2n) is 7.76. The number of ketones is 1. The first-order valence-electron chi connectivity index (χ1n) is 10.5. The van der Waals surface area contributed by atoms with Crippen LogP contribution in [0.5, 0.6) is 0 Å². The lowest BCUT2D eigenvalue weighted by atomic mass is 10.1. The SMILES string of the molecule is CC(=O)C1=NN(c2ccccc2)C2(S1)S/C(=C/c1ccc(C)cc1)C(=O)N2c1ccccc1. The summed E-state index contributed by atoms with van der Waals surface area (Å²) in [5.74, 6) is -0.255. The number of carbonyl (C=O) groups is 2. The lowest BCUT2D eigenvalue weighted by molar-refractivity contribution is -0.114. The van der Waals surface area contributed by atoms with Crippen molar-refractivity contribution in [1.82, 2.24) is 0 Å². The van der Waals surface area contributed by atoms with Gasteiger partial charge >= 0.3 is 0 Å². The number of hydrogen-bond acceptors (Lipinski definition) is 6. The van der Waals surface area contributed by atoms with Gasteiger partial charge in [-0.05, 0) is 54.6 Å². The van der Waals surface area contributed by atoms with Crippen LogP contribution in [-0.2, 0) is 9.59 Å². The average Bonchev–Trinajstić information content (AvgIpc) is 3.34. The second kappa shape index (κ2) is 8.57. The molecule has 5 nitrogen and oxygen atoms in total. The molecule has 0 aliphatic carbocycles. The number of hydrazone groups is 1. The summed E-state index contributed by atoms with van der Waals surface area (Å²) in [6.45, 7) is 3.54. The topological polar surface area (TPSA) is 53.0 Å². The van der Waals surface area contributed by atoms with Gasteiger partial charge in [-0.3, -0.25) is 14.5 Å². The molecule has 1 unspecified atom stereocenters. The van der Waals surface area contributed by atoms with Gasteiger partial charge in [0.1, 0.15) is 0 Å². The van der Waals surface area contributed by atoms with Crippen LogP contribution < -0.4 is 9.91 Å². The second-order valence-corrected chi connectivity index (χ2v) is 10.4. The van der Waals surface area contributed by atoms with Gasteiger partial charge in [0.15, 0.2) is 10.8 Å². The minimum Gasteiger partial charge on any atom is -0.292 e. The highest BCUT2D eigenvalue weighted by Crippen LogP contribution is 2.59. The van der Waals surface area contributed by atoms with Crippen molar-refractivity contribution in [2.24, 2.45) is 5.10 Å². The molecule has 7 heteroatoms. The Balaban J connectivity index is 1.68. The van der Waals surface area contributed by atoms with Gasteiger partial charge in [-0.15, -0.1) is 0 Å². The third-order valence-electron chi connectivity index (χ3n) is 5.32. The molecule has 2 aliphatic rings. The molecular weight excluding hydrogens is 450 g/mol. The van der Waals surface area contributed by atoms with Crippen molar-refractivity contribution in [1.29, 1.82) is 0 Å². The fourth-order valence-corrected chi connectivity index (χ4v) is 6.59. The Morgan fingerprint density at radius 3 is 2.09 bits per heavy atom. The number of benzene rings is 3. The highest BCUT2D eigenvalue weighted by Gasteiger charge is 2.59. The molecule has 1 fully saturated rings. The molecule has 2 aliphatic heterocycles. The fraction of sp³-hybridized carbons (Fsp3) is 0.115. The molecule has 1 amide bonds. The molecule has 0 radical (unpaired) electrons. The third-order valence-corrected chi connectivity index (χ3v) is 8.14. The van der Waals surface area contributed by atoms with E-state index < -0.39 is 4.33 Å². The van der Waals surface area contributed by atoms with Crippen LogP contribution in [0.25, 0.3) is 6.08 Å². The lowest BCUT2D eigenvalue weighted by Gasteiger charge is -2.38. The number of nitrogens with zero attached hydrogens (tertiary/aromatic N) is 3. The maximum atomic E-state index is 13.9. The molecule has 2 heterocycles. The number of Topliss-reactive ketones (excluding diaryl/α,β-unsaturated/α-hetero) is 1. The molecule has 0 aromatic heterocycles. The Kier molecular flexibility index (Phi) is 5.60. The number of para-hydroxylation sites is 2. The number of anilines is 2. The van der Waals surface area contributed by atoms with Gasteiger partial charge in [-0.1, -0.05) is 78.0 Å². The summed E-state index contributed by atoms with van der Waals surface area (Å²) < 4.78 is -0.989. The van der Waals surface area contributed by atoms with Crippen molar-refractivity contribution in [3.05, 3.63) is 101 Å². The van der Waals surface area contributed by atoms with Gasteiger partial charge in [-0.25, -0.2) is 5.01 Å². The van der Waals surface area contributed by atoms with E-state index in [4.69, 9.17) is 0 Å². The van der Waals surface area contributed by atoms with Crippen LogP contribution in [0.1, 0.15) is 18.1 Å². The van der Waals surface area contributed by atoms with Crippen LogP contribution in [0.4, 0.5) is 11.4 Å². The van der Waals surface area contributed by atoms with E-state index in [1.165, 1.54) is 30.4 Å². The molecule has 0 saturated carbocycles. The summed E-state index contributed by atoms with van der Waals surface area (Å²) in [6.07, 6.45) is 1.91. The minimum absolute atomic E-state index is 0.125. The van der Waals surface area contributed by atoms with Crippen LogP contribution >= 0.6 is 23.5 Å². The summed E-state index contributed by atoms with van der Waals surface area (Å²) in [5, 5.41) is 6.84. The van der Waals surface area contributed by atoms with Crippen molar-refractivity contribution >= 4 is 57.7 Å². The average molecular weight is 472 g/mol. The number of carbonyl (C=O) groups excluding carboxylic acids is 2. The van der Waals surface area contributed by atoms with Crippen LogP contribution in [0.15, 0.2) is 94.9 Å². The van der Waals surface area contributed by atoms with E-state index in [-0.39, 0.29) is 11.7 Å². The third kappa shape index (κ3) is 3.87. The number of rotatable bonds is 4. The van der Waals surface area contributed by atoms with Crippen LogP contribution in [-0.4, -0.2) is 21.1 Å². The van der Waals surface area contributed by atoms with Crippen molar-refractivity contribution in [2.45, 2.75) is 18.2 Å². The monoisotopic (exact) mass is 471 g/mol. The molecule has 5 rings (SSSR count). The van der Waals surface area contributed by atoms with E-state index in [0.29, 0.717) is 9.95 Å². The molecular formula is C26H21N3O2S2. The van der Waals surface area contributed by atoms with Gasteiger partial charge in [0.05, 0.1) is 10.6 Å². The predicted octanol–water partition coefficient (Wildman–Crippen LogP) is 5.88. The van der Waals surface area contributed by atoms with Crippen LogP contribution in [0.2, 0.25) is 0 Å². The Bertz CT molecular complexity index is 1270. The first-order chi connectivity index (χ1) is 16.0. The molecule has 3 aromatic carbocycles. The van der Waals surface area contributed by atoms with Gasteiger partial charge in [0.2, 0.25) is 4.33 Å². The van der Waals surface area contributed by atoms with E-state index in [9.17, 15) is 9.59 Å². The van der Waals surface area contributed by atoms with E-state index in [1.54, 1.807) is 9.91 Å². The van der Waals surface area contributed by atoms with E-state index in [2.05, 4.69) is 5.10 Å².